The summed E-state index contributed by atoms with van der Waals surface area (Å²) in [5.74, 6) is 0. The predicted octanol–water partition coefficient (Wildman–Crippen LogP) is -1.27. The highest BCUT2D eigenvalue weighted by atomic mass is 35.7. The van der Waals surface area contributed by atoms with Crippen molar-refractivity contribution >= 4 is 59.7 Å². The van der Waals surface area contributed by atoms with Gasteiger partial charge in [0.05, 0.1) is 13.2 Å². The van der Waals surface area contributed by atoms with Crippen LogP contribution in [0.1, 0.15) is 0 Å². The predicted molar refractivity (Wildman–Crippen MR) is 69.0 cm³/mol. The van der Waals surface area contributed by atoms with E-state index in [0.717, 1.165) is 0 Å². The van der Waals surface area contributed by atoms with Gasteiger partial charge in [-0.3, -0.25) is 8.37 Å². The Kier molecular flexibility index (Phi) is 7.15. The molecule has 122 valence electrons. The van der Waals surface area contributed by atoms with Gasteiger partial charge < -0.3 is 0 Å². The van der Waals surface area contributed by atoms with Crippen molar-refractivity contribution in [3.63, 3.8) is 0 Å². The van der Waals surface area contributed by atoms with Gasteiger partial charge in [0.15, 0.2) is 10.2 Å². The Hall–Kier alpha value is 0.300. The van der Waals surface area contributed by atoms with Crippen LogP contribution in [0.4, 0.5) is 0 Å². The van der Waals surface area contributed by atoms with Gasteiger partial charge in [-0.25, -0.2) is 16.8 Å². The lowest BCUT2D eigenvalue weighted by Gasteiger charge is -2.05. The molecule has 10 nitrogen and oxygen atoms in total. The minimum atomic E-state index is -4.53. The van der Waals surface area contributed by atoms with E-state index in [2.05, 4.69) is 29.7 Å². The minimum absolute atomic E-state index is 0.865. The van der Waals surface area contributed by atoms with Crippen LogP contribution in [-0.2, 0) is 46.7 Å². The van der Waals surface area contributed by atoms with Crippen LogP contribution in [-0.4, -0.2) is 57.1 Å². The molecular weight excluding hydrogens is 407 g/mol. The highest BCUT2D eigenvalue weighted by molar-refractivity contribution is 8.21. The molecular formula is C4H8Cl2O10S4. The van der Waals surface area contributed by atoms with E-state index in [1.165, 1.54) is 0 Å². The van der Waals surface area contributed by atoms with E-state index in [9.17, 15) is 33.7 Å². The second-order valence-electron chi connectivity index (χ2n) is 3.07. The largest absolute Gasteiger partial charge is 0.283 e. The van der Waals surface area contributed by atoms with E-state index in [4.69, 9.17) is 0 Å². The van der Waals surface area contributed by atoms with Crippen LogP contribution in [0.2, 0.25) is 0 Å². The zero-order valence-corrected chi connectivity index (χ0v) is 14.1. The quantitative estimate of drug-likeness (QED) is 0.253. The van der Waals surface area contributed by atoms with Crippen molar-refractivity contribution < 1.29 is 42.0 Å². The Bertz CT molecular complexity index is 663. The van der Waals surface area contributed by atoms with Crippen LogP contribution >= 0.6 is 21.4 Å². The molecule has 0 saturated carbocycles. The van der Waals surface area contributed by atoms with Crippen LogP contribution in [0.25, 0.3) is 0 Å². The average Bonchev–Trinajstić information content (AvgIpc) is 2.04. The molecule has 0 N–H and O–H groups in total. The Morgan fingerprint density at radius 2 is 0.850 bits per heavy atom. The minimum Gasteiger partial charge on any atom is -0.267 e. The standard InChI is InChI=1S/C4H8Cl2O10S4/c5-17(7,8)3-19(11,12)15-1-2-16-20(13,14)4-18(6,9)10/h1-4H2. The molecule has 0 saturated heterocycles. The summed E-state index contributed by atoms with van der Waals surface area (Å²) >= 11 is 0. The van der Waals surface area contributed by atoms with Crippen LogP contribution in [0, 0.1) is 0 Å². The van der Waals surface area contributed by atoms with E-state index >= 15 is 0 Å². The average molecular weight is 415 g/mol. The summed E-state index contributed by atoms with van der Waals surface area (Å²) in [5, 5.41) is -3.02. The van der Waals surface area contributed by atoms with Crippen molar-refractivity contribution in [2.45, 2.75) is 0 Å². The monoisotopic (exact) mass is 414 g/mol. The molecule has 0 atom stereocenters. The maximum atomic E-state index is 11.0. The Labute approximate surface area is 125 Å². The fourth-order valence-corrected chi connectivity index (χ4v) is 6.65. The molecule has 0 aromatic heterocycles. The van der Waals surface area contributed by atoms with E-state index in [-0.39, 0.29) is 0 Å². The van der Waals surface area contributed by atoms with Gasteiger partial charge in [-0.15, -0.1) is 0 Å². The van der Waals surface area contributed by atoms with Gasteiger partial charge in [-0.2, -0.15) is 16.8 Å². The van der Waals surface area contributed by atoms with Crippen molar-refractivity contribution in [1.82, 2.24) is 0 Å². The van der Waals surface area contributed by atoms with Crippen molar-refractivity contribution in [2.75, 3.05) is 23.4 Å². The van der Waals surface area contributed by atoms with Crippen LogP contribution < -0.4 is 0 Å². The van der Waals surface area contributed by atoms with Crippen LogP contribution in [0.15, 0.2) is 0 Å². The molecule has 0 rings (SSSR count). The molecule has 0 radical (unpaired) electrons. The molecule has 0 aromatic rings. The molecule has 0 heterocycles. The SMILES string of the molecule is O=S(=O)(Cl)CS(=O)(=O)OCCOS(=O)(=O)CS(=O)(=O)Cl. The lowest BCUT2D eigenvalue weighted by Crippen LogP contribution is -2.21. The first-order valence-corrected chi connectivity index (χ1v) is 12.3. The van der Waals surface area contributed by atoms with Crippen molar-refractivity contribution in [2.24, 2.45) is 0 Å². The summed E-state index contributed by atoms with van der Waals surface area (Å²) in [6, 6.07) is 0. The zero-order valence-electron chi connectivity index (χ0n) is 9.30. The van der Waals surface area contributed by atoms with Gasteiger partial charge in [0, 0.05) is 21.4 Å². The summed E-state index contributed by atoms with van der Waals surface area (Å²) < 4.78 is 94.1. The van der Waals surface area contributed by atoms with E-state index in [0.29, 0.717) is 0 Å². The highest BCUT2D eigenvalue weighted by Gasteiger charge is 2.23. The fourth-order valence-electron chi connectivity index (χ4n) is 0.735. The van der Waals surface area contributed by atoms with Gasteiger partial charge in [0.1, 0.15) is 0 Å². The van der Waals surface area contributed by atoms with Crippen molar-refractivity contribution in [3.05, 3.63) is 0 Å². The molecule has 16 heteroatoms. The molecule has 20 heavy (non-hydrogen) atoms. The molecule has 0 bridgehead atoms. The maximum Gasteiger partial charge on any atom is 0.283 e. The fraction of sp³-hybridized carbons (Fsp3) is 1.00. The van der Waals surface area contributed by atoms with Crippen LogP contribution in [0.3, 0.4) is 0 Å². The first-order valence-electron chi connectivity index (χ1n) is 4.21. The second-order valence-corrected chi connectivity index (χ2v) is 12.6. The lowest BCUT2D eigenvalue weighted by atomic mass is 10.8. The third-order valence-corrected chi connectivity index (χ3v) is 8.40. The topological polar surface area (TPSA) is 155 Å². The Morgan fingerprint density at radius 1 is 0.600 bits per heavy atom. The van der Waals surface area contributed by atoms with Gasteiger partial charge in [0.2, 0.25) is 18.1 Å². The van der Waals surface area contributed by atoms with E-state index in [1.54, 1.807) is 0 Å². The van der Waals surface area contributed by atoms with Gasteiger partial charge in [-0.05, 0) is 0 Å². The molecule has 0 spiro atoms. The Balaban J connectivity index is 4.35. The third-order valence-electron chi connectivity index (χ3n) is 1.18. The van der Waals surface area contributed by atoms with E-state index < -0.39 is 61.7 Å². The molecule has 0 fully saturated rings. The maximum absolute atomic E-state index is 11.0. The number of hydrogen-bond donors (Lipinski definition) is 0. The van der Waals surface area contributed by atoms with E-state index in [1.807, 2.05) is 0 Å². The van der Waals surface area contributed by atoms with Gasteiger partial charge >= 0.3 is 0 Å². The zero-order chi connectivity index (χ0) is 16.2. The van der Waals surface area contributed by atoms with Crippen molar-refractivity contribution in [3.8, 4) is 0 Å². The van der Waals surface area contributed by atoms with Gasteiger partial charge in [0.25, 0.3) is 20.2 Å². The van der Waals surface area contributed by atoms with Crippen molar-refractivity contribution in [1.29, 1.82) is 0 Å². The Morgan fingerprint density at radius 3 is 1.05 bits per heavy atom. The third kappa shape index (κ3) is 12.1. The normalized spacial score (nSPS) is 14.3. The summed E-state index contributed by atoms with van der Waals surface area (Å²) in [5.41, 5.74) is 0. The molecule has 0 amide bonds. The van der Waals surface area contributed by atoms with Gasteiger partial charge in [-0.1, -0.05) is 0 Å². The first-order chi connectivity index (χ1) is 8.62. The lowest BCUT2D eigenvalue weighted by molar-refractivity contribution is 0.226. The number of hydrogen-bond acceptors (Lipinski definition) is 10. The molecule has 0 unspecified atom stereocenters. The molecule has 0 aliphatic heterocycles. The second kappa shape index (κ2) is 7.04. The molecule has 0 aromatic carbocycles. The summed E-state index contributed by atoms with van der Waals surface area (Å²) in [6.07, 6.45) is 0. The number of halogens is 2. The first kappa shape index (κ1) is 20.3. The van der Waals surface area contributed by atoms with Crippen LogP contribution in [0.5, 0.6) is 0 Å². The smallest absolute Gasteiger partial charge is 0.267 e. The summed E-state index contributed by atoms with van der Waals surface area (Å²) in [4.78, 5) is 0. The number of rotatable bonds is 9. The molecule has 0 aliphatic rings. The summed E-state index contributed by atoms with van der Waals surface area (Å²) in [7, 11) is -8.44. The molecule has 0 aliphatic carbocycles. The highest BCUT2D eigenvalue weighted by Crippen LogP contribution is 2.06. The summed E-state index contributed by atoms with van der Waals surface area (Å²) in [6.45, 7) is -1.73.